The van der Waals surface area contributed by atoms with Gasteiger partial charge in [-0.25, -0.2) is 0 Å². The van der Waals surface area contributed by atoms with Crippen LogP contribution in [0.1, 0.15) is 5.56 Å². The smallest absolute Gasteiger partial charge is 0.0669 e. The minimum Gasteiger partial charge on any atom is -0.198 e. The van der Waals surface area contributed by atoms with Gasteiger partial charge >= 0.3 is 0 Å². The average molecular weight is 269 g/mol. The van der Waals surface area contributed by atoms with Crippen molar-refractivity contribution in [3.63, 3.8) is 0 Å². The van der Waals surface area contributed by atoms with E-state index in [1.165, 1.54) is 11.1 Å². The van der Waals surface area contributed by atoms with Gasteiger partial charge in [-0.1, -0.05) is 78.9 Å². The summed E-state index contributed by atoms with van der Waals surface area (Å²) in [6, 6.07) is 29.1. The number of nitrogens with zero attached hydrogens (tertiary/aromatic N) is 1. The minimum atomic E-state index is 0.422. The largest absolute Gasteiger partial charge is 0.198 e. The Kier molecular flexibility index (Phi) is 3.80. The molecule has 0 aliphatic rings. The fourth-order valence-electron chi connectivity index (χ4n) is 2.64. The second-order valence-corrected chi connectivity index (χ2v) is 4.91. The Morgan fingerprint density at radius 3 is 1.90 bits per heavy atom. The van der Waals surface area contributed by atoms with Gasteiger partial charge in [-0.2, -0.15) is 5.26 Å². The predicted molar refractivity (Wildman–Crippen MR) is 86.6 cm³/mol. The molecule has 0 radical (unpaired) electrons. The summed E-state index contributed by atoms with van der Waals surface area (Å²) < 4.78 is 0. The Morgan fingerprint density at radius 2 is 1.29 bits per heavy atom. The van der Waals surface area contributed by atoms with Gasteiger partial charge in [-0.05, 0) is 27.8 Å². The second-order valence-electron chi connectivity index (χ2n) is 4.91. The molecular weight excluding hydrogens is 254 g/mol. The van der Waals surface area contributed by atoms with Gasteiger partial charge in [0.05, 0.1) is 12.5 Å². The molecule has 21 heavy (non-hydrogen) atoms. The number of hydrogen-bond donors (Lipinski definition) is 0. The summed E-state index contributed by atoms with van der Waals surface area (Å²) >= 11 is 0. The third-order valence-corrected chi connectivity index (χ3v) is 3.57. The molecule has 0 aliphatic heterocycles. The molecule has 0 unspecified atom stereocenters. The first-order chi connectivity index (χ1) is 10.4. The van der Waals surface area contributed by atoms with E-state index in [1.54, 1.807) is 0 Å². The highest BCUT2D eigenvalue weighted by Crippen LogP contribution is 2.35. The highest BCUT2D eigenvalue weighted by Gasteiger charge is 2.11. The Balaban J connectivity index is 2.26. The maximum atomic E-state index is 9.10. The molecule has 0 aromatic heterocycles. The summed E-state index contributed by atoms with van der Waals surface area (Å²) in [5.74, 6) is 0. The van der Waals surface area contributed by atoms with E-state index < -0.39 is 0 Å². The van der Waals surface area contributed by atoms with Crippen LogP contribution in [0.5, 0.6) is 0 Å². The van der Waals surface area contributed by atoms with E-state index in [2.05, 4.69) is 36.4 Å². The Bertz CT molecular complexity index is 768. The lowest BCUT2D eigenvalue weighted by atomic mass is 9.89. The van der Waals surface area contributed by atoms with E-state index in [1.807, 2.05) is 48.5 Å². The van der Waals surface area contributed by atoms with Gasteiger partial charge in [0.15, 0.2) is 0 Å². The highest BCUT2D eigenvalue weighted by molar-refractivity contribution is 5.85. The molecule has 0 aliphatic carbocycles. The van der Waals surface area contributed by atoms with Crippen LogP contribution in [-0.2, 0) is 6.42 Å². The zero-order chi connectivity index (χ0) is 14.5. The molecule has 0 saturated carbocycles. The number of benzene rings is 3. The maximum Gasteiger partial charge on any atom is 0.0669 e. The zero-order valence-corrected chi connectivity index (χ0v) is 11.7. The lowest BCUT2D eigenvalue weighted by molar-refractivity contribution is 1.26. The van der Waals surface area contributed by atoms with Crippen molar-refractivity contribution in [3.05, 3.63) is 84.4 Å². The summed E-state index contributed by atoms with van der Waals surface area (Å²) in [6.07, 6.45) is 0.422. The SMILES string of the molecule is N#CCc1cccc(-c2ccccc2)c1-c1ccccc1. The molecule has 100 valence electrons. The lowest BCUT2D eigenvalue weighted by Crippen LogP contribution is -1.92. The van der Waals surface area contributed by atoms with Crippen LogP contribution in [0.2, 0.25) is 0 Å². The maximum absolute atomic E-state index is 9.10. The minimum absolute atomic E-state index is 0.422. The zero-order valence-electron chi connectivity index (χ0n) is 11.7. The summed E-state index contributed by atoms with van der Waals surface area (Å²) in [5, 5.41) is 9.10. The fraction of sp³-hybridized carbons (Fsp3) is 0.0500. The quantitative estimate of drug-likeness (QED) is 0.650. The summed E-state index contributed by atoms with van der Waals surface area (Å²) in [4.78, 5) is 0. The third-order valence-electron chi connectivity index (χ3n) is 3.57. The fourth-order valence-corrected chi connectivity index (χ4v) is 2.64. The molecule has 0 saturated heterocycles. The Morgan fingerprint density at radius 1 is 0.667 bits per heavy atom. The third kappa shape index (κ3) is 2.70. The molecule has 3 rings (SSSR count). The first kappa shape index (κ1) is 13.1. The molecule has 3 aromatic carbocycles. The highest BCUT2D eigenvalue weighted by atomic mass is 14.2. The monoisotopic (exact) mass is 269 g/mol. The van der Waals surface area contributed by atoms with Crippen molar-refractivity contribution in [1.82, 2.24) is 0 Å². The van der Waals surface area contributed by atoms with Crippen LogP contribution in [0.15, 0.2) is 78.9 Å². The van der Waals surface area contributed by atoms with Gasteiger partial charge in [0, 0.05) is 0 Å². The normalized spacial score (nSPS) is 10.0. The van der Waals surface area contributed by atoms with Gasteiger partial charge in [0.25, 0.3) is 0 Å². The molecule has 0 heterocycles. The molecular formula is C20H15N. The summed E-state index contributed by atoms with van der Waals surface area (Å²) in [7, 11) is 0. The van der Waals surface area contributed by atoms with E-state index in [0.29, 0.717) is 6.42 Å². The van der Waals surface area contributed by atoms with Crippen LogP contribution in [-0.4, -0.2) is 0 Å². The molecule has 0 fully saturated rings. The average Bonchev–Trinajstić information content (AvgIpc) is 2.56. The van der Waals surface area contributed by atoms with Gasteiger partial charge in [0.2, 0.25) is 0 Å². The van der Waals surface area contributed by atoms with E-state index >= 15 is 0 Å². The molecule has 3 aromatic rings. The van der Waals surface area contributed by atoms with E-state index in [-0.39, 0.29) is 0 Å². The van der Waals surface area contributed by atoms with Gasteiger partial charge in [0.1, 0.15) is 0 Å². The van der Waals surface area contributed by atoms with Crippen LogP contribution >= 0.6 is 0 Å². The molecule has 0 atom stereocenters. The summed E-state index contributed by atoms with van der Waals surface area (Å²) in [6.45, 7) is 0. The van der Waals surface area contributed by atoms with Crippen LogP contribution in [0.4, 0.5) is 0 Å². The van der Waals surface area contributed by atoms with E-state index in [4.69, 9.17) is 5.26 Å². The molecule has 1 nitrogen and oxygen atoms in total. The van der Waals surface area contributed by atoms with Gasteiger partial charge < -0.3 is 0 Å². The lowest BCUT2D eigenvalue weighted by Gasteiger charge is -2.14. The van der Waals surface area contributed by atoms with Crippen LogP contribution in [0.3, 0.4) is 0 Å². The van der Waals surface area contributed by atoms with E-state index in [0.717, 1.165) is 16.7 Å². The second kappa shape index (κ2) is 6.07. The molecule has 0 spiro atoms. The van der Waals surface area contributed by atoms with Gasteiger partial charge in [-0.3, -0.25) is 0 Å². The first-order valence-corrected chi connectivity index (χ1v) is 7.00. The number of hydrogen-bond acceptors (Lipinski definition) is 1. The van der Waals surface area contributed by atoms with Crippen LogP contribution in [0.25, 0.3) is 22.3 Å². The Hall–Kier alpha value is -2.85. The molecule has 0 bridgehead atoms. The molecule has 0 N–H and O–H groups in total. The molecule has 1 heteroatoms. The first-order valence-electron chi connectivity index (χ1n) is 7.00. The standard InChI is InChI=1S/C20H15N/c21-15-14-18-12-7-13-19(16-8-3-1-4-9-16)20(18)17-10-5-2-6-11-17/h1-13H,14H2. The Labute approximate surface area is 125 Å². The van der Waals surface area contributed by atoms with Gasteiger partial charge in [-0.15, -0.1) is 0 Å². The van der Waals surface area contributed by atoms with Crippen molar-refractivity contribution in [2.75, 3.05) is 0 Å². The number of rotatable bonds is 3. The number of nitriles is 1. The predicted octanol–water partition coefficient (Wildman–Crippen LogP) is 5.09. The van der Waals surface area contributed by atoms with Crippen LogP contribution in [0, 0.1) is 11.3 Å². The summed E-state index contributed by atoms with van der Waals surface area (Å²) in [5.41, 5.74) is 5.74. The van der Waals surface area contributed by atoms with Crippen LogP contribution < -0.4 is 0 Å². The van der Waals surface area contributed by atoms with Crippen molar-refractivity contribution in [3.8, 4) is 28.3 Å². The van der Waals surface area contributed by atoms with Crippen molar-refractivity contribution >= 4 is 0 Å². The molecule has 0 amide bonds. The van der Waals surface area contributed by atoms with Crippen molar-refractivity contribution in [1.29, 1.82) is 5.26 Å². The van der Waals surface area contributed by atoms with Crippen molar-refractivity contribution in [2.45, 2.75) is 6.42 Å². The van der Waals surface area contributed by atoms with Crippen molar-refractivity contribution < 1.29 is 0 Å². The van der Waals surface area contributed by atoms with E-state index in [9.17, 15) is 0 Å². The topological polar surface area (TPSA) is 23.8 Å². The van der Waals surface area contributed by atoms with Crippen molar-refractivity contribution in [2.24, 2.45) is 0 Å².